The Kier molecular flexibility index (Phi) is 6.12. The van der Waals surface area contributed by atoms with Crippen molar-refractivity contribution in [1.29, 1.82) is 0 Å². The quantitative estimate of drug-likeness (QED) is 0.788. The van der Waals surface area contributed by atoms with Crippen molar-refractivity contribution in [2.75, 3.05) is 34.0 Å². The Bertz CT molecular complexity index is 779. The number of nitrogens with zero attached hydrogens (tertiary/aromatic N) is 3. The monoisotopic (exact) mass is 376 g/mol. The molecule has 1 unspecified atom stereocenters. The molecule has 0 fully saturated rings. The summed E-state index contributed by atoms with van der Waals surface area (Å²) >= 11 is 0. The maximum atomic E-state index is 12.4. The number of carbonyl (C=O) groups excluding carboxylic acids is 1. The normalized spacial score (nSPS) is 13.9. The molecule has 2 amide bonds. The molecule has 146 valence electrons. The highest BCUT2D eigenvalue weighted by Gasteiger charge is 2.20. The second-order valence-electron chi connectivity index (χ2n) is 6.20. The molecule has 0 saturated heterocycles. The number of methoxy groups -OCH3 is 1. The van der Waals surface area contributed by atoms with E-state index in [1.54, 1.807) is 19.1 Å². The van der Waals surface area contributed by atoms with E-state index in [1.165, 1.54) is 0 Å². The molecule has 9 nitrogen and oxygen atoms in total. The summed E-state index contributed by atoms with van der Waals surface area (Å²) in [5.41, 5.74) is 0.955. The molecule has 1 aromatic carbocycles. The van der Waals surface area contributed by atoms with Crippen LogP contribution in [0.25, 0.3) is 0 Å². The summed E-state index contributed by atoms with van der Waals surface area (Å²) in [5.74, 6) is 2.34. The van der Waals surface area contributed by atoms with Gasteiger partial charge in [-0.1, -0.05) is 11.2 Å². The van der Waals surface area contributed by atoms with E-state index in [1.807, 2.05) is 25.1 Å². The van der Waals surface area contributed by atoms with Crippen LogP contribution >= 0.6 is 0 Å². The maximum Gasteiger partial charge on any atom is 0.318 e. The topological polar surface area (TPSA) is 99.0 Å². The number of urea groups is 1. The van der Waals surface area contributed by atoms with E-state index in [4.69, 9.17) is 18.7 Å². The van der Waals surface area contributed by atoms with E-state index < -0.39 is 0 Å². The third-order valence-electron chi connectivity index (χ3n) is 4.38. The van der Waals surface area contributed by atoms with Crippen molar-refractivity contribution < 1.29 is 23.5 Å². The van der Waals surface area contributed by atoms with Gasteiger partial charge in [-0.05, 0) is 24.6 Å². The molecule has 0 aliphatic carbocycles. The minimum Gasteiger partial charge on any atom is -0.486 e. The van der Waals surface area contributed by atoms with Gasteiger partial charge in [-0.2, -0.15) is 4.98 Å². The van der Waals surface area contributed by atoms with Gasteiger partial charge in [-0.15, -0.1) is 0 Å². The largest absolute Gasteiger partial charge is 0.486 e. The molecule has 0 saturated carbocycles. The van der Waals surface area contributed by atoms with Crippen molar-refractivity contribution in [3.8, 4) is 11.5 Å². The summed E-state index contributed by atoms with van der Waals surface area (Å²) in [6, 6.07) is 5.31. The van der Waals surface area contributed by atoms with Crippen LogP contribution in [-0.2, 0) is 17.7 Å². The van der Waals surface area contributed by atoms with E-state index in [0.29, 0.717) is 43.7 Å². The fraction of sp³-hybridized carbons (Fsp3) is 0.500. The molecular formula is C18H24N4O5. The van der Waals surface area contributed by atoms with Gasteiger partial charge in [0.2, 0.25) is 5.89 Å². The minimum atomic E-state index is -0.242. The Labute approximate surface area is 157 Å². The van der Waals surface area contributed by atoms with Crippen molar-refractivity contribution in [1.82, 2.24) is 20.4 Å². The molecule has 9 heteroatoms. The molecule has 0 spiro atoms. The standard InChI is InChI=1S/C18H24N4O5/c1-12(13-4-5-14-15(10-13)26-9-8-25-14)22(2)18(23)19-11-17-20-16(21-27-17)6-7-24-3/h4-5,10,12H,6-9,11H2,1-3H3,(H,19,23). The van der Waals surface area contributed by atoms with Crippen molar-refractivity contribution in [2.45, 2.75) is 25.9 Å². The molecule has 2 heterocycles. The fourth-order valence-electron chi connectivity index (χ4n) is 2.65. The summed E-state index contributed by atoms with van der Waals surface area (Å²) < 4.78 is 21.2. The van der Waals surface area contributed by atoms with Crippen LogP contribution in [0.15, 0.2) is 22.7 Å². The predicted octanol–water partition coefficient (Wildman–Crippen LogP) is 1.93. The zero-order chi connectivity index (χ0) is 19.2. The van der Waals surface area contributed by atoms with Gasteiger partial charge in [0.05, 0.1) is 19.2 Å². The number of aromatic nitrogens is 2. The van der Waals surface area contributed by atoms with Crippen LogP contribution < -0.4 is 14.8 Å². The first-order valence-corrected chi connectivity index (χ1v) is 8.79. The third kappa shape index (κ3) is 4.68. The number of hydrogen-bond acceptors (Lipinski definition) is 7. The molecule has 3 rings (SSSR count). The van der Waals surface area contributed by atoms with E-state index in [2.05, 4.69) is 15.5 Å². The molecule has 1 aliphatic heterocycles. The molecule has 1 aromatic heterocycles. The number of amides is 2. The summed E-state index contributed by atoms with van der Waals surface area (Å²) in [7, 11) is 3.34. The van der Waals surface area contributed by atoms with Gasteiger partial charge in [0.25, 0.3) is 0 Å². The van der Waals surface area contributed by atoms with Gasteiger partial charge in [-0.25, -0.2) is 4.79 Å². The molecule has 1 atom stereocenters. The SMILES string of the molecule is COCCc1noc(CNC(=O)N(C)C(C)c2ccc3c(c2)OCCO3)n1. The second-order valence-corrected chi connectivity index (χ2v) is 6.20. The molecule has 1 aliphatic rings. The average Bonchev–Trinajstić information content (AvgIpc) is 3.16. The predicted molar refractivity (Wildman–Crippen MR) is 95.7 cm³/mol. The van der Waals surface area contributed by atoms with Gasteiger partial charge < -0.3 is 29.0 Å². The van der Waals surface area contributed by atoms with Crippen molar-refractivity contribution in [2.24, 2.45) is 0 Å². The lowest BCUT2D eigenvalue weighted by molar-refractivity contribution is 0.170. The van der Waals surface area contributed by atoms with Gasteiger partial charge in [0.15, 0.2) is 17.3 Å². The second kappa shape index (κ2) is 8.72. The Morgan fingerprint density at radius 1 is 1.33 bits per heavy atom. The first-order chi connectivity index (χ1) is 13.1. The van der Waals surface area contributed by atoms with Gasteiger partial charge >= 0.3 is 6.03 Å². The smallest absolute Gasteiger partial charge is 0.318 e. The highest BCUT2D eigenvalue weighted by molar-refractivity contribution is 5.74. The number of ether oxygens (including phenoxy) is 3. The Morgan fingerprint density at radius 3 is 2.89 bits per heavy atom. The van der Waals surface area contributed by atoms with Crippen LogP contribution in [0.5, 0.6) is 11.5 Å². The van der Waals surface area contributed by atoms with Crippen LogP contribution in [0.3, 0.4) is 0 Å². The lowest BCUT2D eigenvalue weighted by Gasteiger charge is -2.27. The van der Waals surface area contributed by atoms with Crippen LogP contribution in [0.2, 0.25) is 0 Å². The van der Waals surface area contributed by atoms with E-state index in [0.717, 1.165) is 11.3 Å². The number of rotatable bonds is 7. The average molecular weight is 376 g/mol. The Morgan fingerprint density at radius 2 is 2.11 bits per heavy atom. The number of carbonyl (C=O) groups is 1. The minimum absolute atomic E-state index is 0.152. The van der Waals surface area contributed by atoms with Crippen LogP contribution in [0.4, 0.5) is 4.79 Å². The lowest BCUT2D eigenvalue weighted by Crippen LogP contribution is -2.38. The summed E-state index contributed by atoms with van der Waals surface area (Å²) in [6.45, 7) is 3.70. The molecule has 27 heavy (non-hydrogen) atoms. The highest BCUT2D eigenvalue weighted by atomic mass is 16.6. The number of nitrogens with one attached hydrogen (secondary N) is 1. The molecule has 1 N–H and O–H groups in total. The van der Waals surface area contributed by atoms with E-state index in [-0.39, 0.29) is 18.6 Å². The van der Waals surface area contributed by atoms with E-state index in [9.17, 15) is 4.79 Å². The summed E-state index contributed by atoms with van der Waals surface area (Å²) in [6.07, 6.45) is 0.564. The Hall–Kier alpha value is -2.81. The van der Waals surface area contributed by atoms with Crippen LogP contribution in [0, 0.1) is 0 Å². The van der Waals surface area contributed by atoms with Crippen molar-refractivity contribution in [3.63, 3.8) is 0 Å². The van der Waals surface area contributed by atoms with Crippen molar-refractivity contribution in [3.05, 3.63) is 35.5 Å². The van der Waals surface area contributed by atoms with Gasteiger partial charge in [0, 0.05) is 20.6 Å². The molecule has 2 aromatic rings. The number of benzene rings is 1. The van der Waals surface area contributed by atoms with Crippen LogP contribution in [0.1, 0.15) is 30.2 Å². The fourth-order valence-corrected chi connectivity index (χ4v) is 2.65. The zero-order valence-corrected chi connectivity index (χ0v) is 15.7. The summed E-state index contributed by atoms with van der Waals surface area (Å²) in [5, 5.41) is 6.63. The summed E-state index contributed by atoms with van der Waals surface area (Å²) in [4.78, 5) is 18.3. The van der Waals surface area contributed by atoms with Gasteiger partial charge in [0.1, 0.15) is 13.2 Å². The molecule has 0 bridgehead atoms. The number of fused-ring (bicyclic) bond motifs is 1. The maximum absolute atomic E-state index is 12.4. The molecule has 0 radical (unpaired) electrons. The first kappa shape index (κ1) is 19.0. The third-order valence-corrected chi connectivity index (χ3v) is 4.38. The number of hydrogen-bond donors (Lipinski definition) is 1. The van der Waals surface area contributed by atoms with E-state index >= 15 is 0 Å². The first-order valence-electron chi connectivity index (χ1n) is 8.79. The molecular weight excluding hydrogens is 352 g/mol. The lowest BCUT2D eigenvalue weighted by atomic mass is 10.1. The zero-order valence-electron chi connectivity index (χ0n) is 15.7. The van der Waals surface area contributed by atoms with Gasteiger partial charge in [-0.3, -0.25) is 0 Å². The highest BCUT2D eigenvalue weighted by Crippen LogP contribution is 2.33. The van der Waals surface area contributed by atoms with Crippen LogP contribution in [-0.4, -0.2) is 55.0 Å². The Balaban J connectivity index is 1.55. The van der Waals surface area contributed by atoms with Crippen molar-refractivity contribution >= 4 is 6.03 Å².